The molecule has 0 heterocycles. The highest BCUT2D eigenvalue weighted by Crippen LogP contribution is 1.91. The van der Waals surface area contributed by atoms with Gasteiger partial charge in [0.05, 0.1) is 19.3 Å². The van der Waals surface area contributed by atoms with Gasteiger partial charge in [0.25, 0.3) is 0 Å². The Balaban J connectivity index is 3.51. The number of aliphatic hydroxyl groups is 2. The average Bonchev–Trinajstić information content (AvgIpc) is 2.15. The molecule has 0 radical (unpaired) electrons. The van der Waals surface area contributed by atoms with Crippen LogP contribution in [0.5, 0.6) is 0 Å². The van der Waals surface area contributed by atoms with Gasteiger partial charge in [0.2, 0.25) is 0 Å². The number of methoxy groups -OCH3 is 1. The highest BCUT2D eigenvalue weighted by atomic mass is 16.5. The second kappa shape index (κ2) is 9.06. The Kier molecular flexibility index (Phi) is 8.94. The second-order valence-corrected chi connectivity index (χ2v) is 3.90. The van der Waals surface area contributed by atoms with Gasteiger partial charge in [-0.25, -0.2) is 0 Å². The molecule has 92 valence electrons. The van der Waals surface area contributed by atoms with Crippen molar-refractivity contribution >= 4 is 0 Å². The van der Waals surface area contributed by atoms with Gasteiger partial charge in [0.15, 0.2) is 0 Å². The second-order valence-electron chi connectivity index (χ2n) is 3.90. The predicted molar refractivity (Wildman–Crippen MR) is 60.0 cm³/mol. The number of rotatable bonds is 9. The summed E-state index contributed by atoms with van der Waals surface area (Å²) >= 11 is 0. The van der Waals surface area contributed by atoms with Crippen LogP contribution in [-0.2, 0) is 4.74 Å². The van der Waals surface area contributed by atoms with E-state index in [9.17, 15) is 5.11 Å². The molecule has 0 aromatic rings. The van der Waals surface area contributed by atoms with Crippen molar-refractivity contribution in [1.29, 1.82) is 0 Å². The first-order chi connectivity index (χ1) is 7.10. The van der Waals surface area contributed by atoms with Gasteiger partial charge < -0.3 is 24.7 Å². The summed E-state index contributed by atoms with van der Waals surface area (Å²) in [7, 11) is 5.51. The van der Waals surface area contributed by atoms with Crippen molar-refractivity contribution in [2.45, 2.75) is 6.10 Å². The molecule has 0 aromatic carbocycles. The third-order valence-electron chi connectivity index (χ3n) is 2.23. The zero-order valence-electron chi connectivity index (χ0n) is 10.0. The van der Waals surface area contributed by atoms with E-state index in [2.05, 4.69) is 9.80 Å². The number of hydrogen-bond acceptors (Lipinski definition) is 5. The normalized spacial score (nSPS) is 13.8. The molecule has 0 aromatic heterocycles. The number of likely N-dealkylation sites (N-methyl/N-ethyl adjacent to an activating group) is 2. The Labute approximate surface area is 92.2 Å². The fourth-order valence-electron chi connectivity index (χ4n) is 1.32. The van der Waals surface area contributed by atoms with Gasteiger partial charge in [-0.1, -0.05) is 0 Å². The lowest BCUT2D eigenvalue weighted by molar-refractivity contribution is 0.0416. The monoisotopic (exact) mass is 220 g/mol. The van der Waals surface area contributed by atoms with Crippen LogP contribution >= 0.6 is 0 Å². The summed E-state index contributed by atoms with van der Waals surface area (Å²) in [5.74, 6) is 0. The quantitative estimate of drug-likeness (QED) is 0.514. The van der Waals surface area contributed by atoms with Crippen molar-refractivity contribution in [3.63, 3.8) is 0 Å². The molecule has 0 rings (SSSR count). The van der Waals surface area contributed by atoms with E-state index in [0.29, 0.717) is 19.7 Å². The van der Waals surface area contributed by atoms with Crippen LogP contribution in [0.4, 0.5) is 0 Å². The number of hydrogen-bond donors (Lipinski definition) is 2. The minimum atomic E-state index is -0.428. The van der Waals surface area contributed by atoms with E-state index in [1.54, 1.807) is 7.11 Å². The molecule has 0 fully saturated rings. The molecule has 2 N–H and O–H groups in total. The molecule has 5 nitrogen and oxygen atoms in total. The van der Waals surface area contributed by atoms with Crippen LogP contribution in [0, 0.1) is 0 Å². The van der Waals surface area contributed by atoms with Gasteiger partial charge >= 0.3 is 0 Å². The van der Waals surface area contributed by atoms with Gasteiger partial charge in [-0.2, -0.15) is 0 Å². The van der Waals surface area contributed by atoms with Gasteiger partial charge in [-0.15, -0.1) is 0 Å². The molecule has 15 heavy (non-hydrogen) atoms. The fourth-order valence-corrected chi connectivity index (χ4v) is 1.32. The zero-order valence-corrected chi connectivity index (χ0v) is 10.0. The predicted octanol–water partition coefficient (Wildman–Crippen LogP) is -1.15. The van der Waals surface area contributed by atoms with E-state index in [1.165, 1.54) is 0 Å². The van der Waals surface area contributed by atoms with Crippen molar-refractivity contribution in [3.8, 4) is 0 Å². The van der Waals surface area contributed by atoms with Gasteiger partial charge in [-0.05, 0) is 14.1 Å². The van der Waals surface area contributed by atoms with E-state index in [0.717, 1.165) is 13.1 Å². The van der Waals surface area contributed by atoms with Crippen molar-refractivity contribution in [2.75, 3.05) is 60.6 Å². The Morgan fingerprint density at radius 1 is 1.13 bits per heavy atom. The Hall–Kier alpha value is -0.200. The van der Waals surface area contributed by atoms with E-state index < -0.39 is 6.10 Å². The van der Waals surface area contributed by atoms with Crippen molar-refractivity contribution in [1.82, 2.24) is 9.80 Å². The number of nitrogens with zero attached hydrogens (tertiary/aromatic N) is 2. The zero-order chi connectivity index (χ0) is 11.7. The minimum absolute atomic E-state index is 0.187. The summed E-state index contributed by atoms with van der Waals surface area (Å²) in [4.78, 5) is 4.11. The van der Waals surface area contributed by atoms with Gasteiger partial charge in [0, 0.05) is 33.3 Å². The van der Waals surface area contributed by atoms with E-state index >= 15 is 0 Å². The Morgan fingerprint density at radius 3 is 2.27 bits per heavy atom. The lowest BCUT2D eigenvalue weighted by Gasteiger charge is -2.23. The lowest BCUT2D eigenvalue weighted by atomic mass is 10.3. The molecule has 0 spiro atoms. The van der Waals surface area contributed by atoms with Crippen molar-refractivity contribution in [3.05, 3.63) is 0 Å². The maximum Gasteiger partial charge on any atom is 0.0899 e. The largest absolute Gasteiger partial charge is 0.395 e. The summed E-state index contributed by atoms with van der Waals surface area (Å²) in [5, 5.41) is 18.2. The molecule has 0 aliphatic rings. The van der Waals surface area contributed by atoms with Crippen LogP contribution in [0.1, 0.15) is 0 Å². The van der Waals surface area contributed by atoms with E-state index in [1.807, 2.05) is 14.1 Å². The third kappa shape index (κ3) is 8.77. The van der Waals surface area contributed by atoms with Crippen LogP contribution in [0.25, 0.3) is 0 Å². The molecule has 0 saturated carbocycles. The first-order valence-corrected chi connectivity index (χ1v) is 5.25. The van der Waals surface area contributed by atoms with Gasteiger partial charge in [-0.3, -0.25) is 0 Å². The molecule has 1 unspecified atom stereocenters. The molecule has 0 bridgehead atoms. The summed E-state index contributed by atoms with van der Waals surface area (Å²) in [6.45, 7) is 3.62. The molecule has 0 aliphatic carbocycles. The topological polar surface area (TPSA) is 56.2 Å². The maximum atomic E-state index is 9.47. The first-order valence-electron chi connectivity index (χ1n) is 5.25. The molecule has 0 aliphatic heterocycles. The fraction of sp³-hybridized carbons (Fsp3) is 1.00. The Morgan fingerprint density at radius 2 is 1.73 bits per heavy atom. The maximum absolute atomic E-state index is 9.47. The summed E-state index contributed by atoms with van der Waals surface area (Å²) in [5.41, 5.74) is 0. The summed E-state index contributed by atoms with van der Waals surface area (Å²) in [6.07, 6.45) is -0.428. The smallest absolute Gasteiger partial charge is 0.0899 e. The van der Waals surface area contributed by atoms with Crippen LogP contribution in [0.15, 0.2) is 0 Å². The molecule has 0 saturated heterocycles. The van der Waals surface area contributed by atoms with Crippen LogP contribution in [0.3, 0.4) is 0 Å². The van der Waals surface area contributed by atoms with Crippen LogP contribution in [0.2, 0.25) is 0 Å². The molecule has 0 amide bonds. The highest BCUT2D eigenvalue weighted by Gasteiger charge is 2.08. The van der Waals surface area contributed by atoms with E-state index in [4.69, 9.17) is 9.84 Å². The van der Waals surface area contributed by atoms with Crippen molar-refractivity contribution in [2.24, 2.45) is 0 Å². The van der Waals surface area contributed by atoms with Crippen LogP contribution in [-0.4, -0.2) is 86.7 Å². The Bertz CT molecular complexity index is 147. The van der Waals surface area contributed by atoms with Crippen LogP contribution < -0.4 is 0 Å². The SMILES string of the molecule is COCC(O)CN(C)CCN(C)CCO. The van der Waals surface area contributed by atoms with Gasteiger partial charge in [0.1, 0.15) is 0 Å². The third-order valence-corrected chi connectivity index (χ3v) is 2.23. The summed E-state index contributed by atoms with van der Waals surface area (Å²) < 4.78 is 4.85. The molecular formula is C10H24N2O3. The van der Waals surface area contributed by atoms with E-state index in [-0.39, 0.29) is 6.61 Å². The standard InChI is InChI=1S/C10H24N2O3/c1-11(6-7-13)4-5-12(2)8-10(14)9-15-3/h10,13-14H,4-9H2,1-3H3. The van der Waals surface area contributed by atoms with Crippen molar-refractivity contribution < 1.29 is 14.9 Å². The highest BCUT2D eigenvalue weighted by molar-refractivity contribution is 4.62. The molecular weight excluding hydrogens is 196 g/mol. The minimum Gasteiger partial charge on any atom is -0.395 e. The average molecular weight is 220 g/mol. The number of ether oxygens (including phenoxy) is 1. The first kappa shape index (κ1) is 14.8. The lowest BCUT2D eigenvalue weighted by Crippen LogP contribution is -2.37. The number of aliphatic hydroxyl groups excluding tert-OH is 2. The summed E-state index contributed by atoms with van der Waals surface area (Å²) in [6, 6.07) is 0. The molecule has 5 heteroatoms. The molecule has 1 atom stereocenters.